The third-order valence-corrected chi connectivity index (χ3v) is 6.81. The van der Waals surface area contributed by atoms with Crippen LogP contribution in [0.5, 0.6) is 17.2 Å². The molecule has 0 atom stereocenters. The Balaban J connectivity index is 1.63. The lowest BCUT2D eigenvalue weighted by Crippen LogP contribution is -2.01. The van der Waals surface area contributed by atoms with E-state index in [2.05, 4.69) is 15.9 Å². The van der Waals surface area contributed by atoms with Crippen LogP contribution >= 0.6 is 15.9 Å². The highest BCUT2D eigenvalue weighted by Gasteiger charge is 2.18. The topological polar surface area (TPSA) is 63.6 Å². The Kier molecular flexibility index (Phi) is 5.61. The van der Waals surface area contributed by atoms with Gasteiger partial charge in [0.05, 0.1) is 9.79 Å². The number of phenolic OH excluding ortho intramolecular Hbond substituents is 1. The molecular formula is C24H17BrO4S. The zero-order valence-electron chi connectivity index (χ0n) is 15.7. The largest absolute Gasteiger partial charge is 0.508 e. The van der Waals surface area contributed by atoms with Crippen LogP contribution in [0.25, 0.3) is 11.1 Å². The Morgan fingerprint density at radius 2 is 1.33 bits per heavy atom. The van der Waals surface area contributed by atoms with Crippen molar-refractivity contribution >= 4 is 25.8 Å². The van der Waals surface area contributed by atoms with Gasteiger partial charge in [0.15, 0.2) is 0 Å². The van der Waals surface area contributed by atoms with Crippen molar-refractivity contribution < 1.29 is 18.3 Å². The molecular weight excluding hydrogens is 464 g/mol. The summed E-state index contributed by atoms with van der Waals surface area (Å²) >= 11 is 3.50. The summed E-state index contributed by atoms with van der Waals surface area (Å²) in [6.07, 6.45) is 0. The molecule has 4 aromatic carbocycles. The van der Waals surface area contributed by atoms with Gasteiger partial charge in [-0.3, -0.25) is 0 Å². The van der Waals surface area contributed by atoms with Crippen molar-refractivity contribution in [3.63, 3.8) is 0 Å². The van der Waals surface area contributed by atoms with Crippen molar-refractivity contribution in [2.75, 3.05) is 0 Å². The van der Waals surface area contributed by atoms with Gasteiger partial charge < -0.3 is 9.84 Å². The molecule has 6 heteroatoms. The van der Waals surface area contributed by atoms with E-state index in [1.807, 2.05) is 48.5 Å². The lowest BCUT2D eigenvalue weighted by atomic mass is 10.0. The first-order chi connectivity index (χ1) is 14.4. The van der Waals surface area contributed by atoms with Crippen LogP contribution in [0.1, 0.15) is 0 Å². The van der Waals surface area contributed by atoms with Crippen LogP contribution in [0.4, 0.5) is 0 Å². The summed E-state index contributed by atoms with van der Waals surface area (Å²) in [4.78, 5) is 0.271. The van der Waals surface area contributed by atoms with Gasteiger partial charge in [0.1, 0.15) is 17.2 Å². The number of hydrogen-bond acceptors (Lipinski definition) is 4. The van der Waals surface area contributed by atoms with Crippen LogP contribution in [-0.2, 0) is 9.84 Å². The second kappa shape index (κ2) is 8.34. The minimum Gasteiger partial charge on any atom is -0.508 e. The van der Waals surface area contributed by atoms with Gasteiger partial charge in [-0.15, -0.1) is 0 Å². The van der Waals surface area contributed by atoms with Gasteiger partial charge in [0, 0.05) is 10.0 Å². The monoisotopic (exact) mass is 480 g/mol. The molecule has 0 fully saturated rings. The average Bonchev–Trinajstić information content (AvgIpc) is 2.76. The molecule has 150 valence electrons. The van der Waals surface area contributed by atoms with Gasteiger partial charge in [-0.05, 0) is 72.3 Å². The minimum absolute atomic E-state index is 0.0152. The van der Waals surface area contributed by atoms with Gasteiger partial charge in [-0.2, -0.15) is 0 Å². The quantitative estimate of drug-likeness (QED) is 0.356. The van der Waals surface area contributed by atoms with Gasteiger partial charge >= 0.3 is 0 Å². The highest BCUT2D eigenvalue weighted by molar-refractivity contribution is 9.10. The first-order valence-electron chi connectivity index (χ1n) is 9.10. The highest BCUT2D eigenvalue weighted by Crippen LogP contribution is 2.36. The Labute approximate surface area is 183 Å². The average molecular weight is 481 g/mol. The van der Waals surface area contributed by atoms with Crippen LogP contribution in [-0.4, -0.2) is 13.5 Å². The van der Waals surface area contributed by atoms with Crippen LogP contribution in [0.3, 0.4) is 0 Å². The SMILES string of the molecule is O=S(=O)(c1ccc(O)cc1)c1ccc(Oc2ccc(Br)cc2-c2ccccc2)cc1. The Hall–Kier alpha value is -3.09. The predicted molar refractivity (Wildman–Crippen MR) is 120 cm³/mol. The predicted octanol–water partition coefficient (Wildman–Crippen LogP) is 6.45. The molecule has 4 nitrogen and oxygen atoms in total. The molecule has 0 aliphatic carbocycles. The highest BCUT2D eigenvalue weighted by atomic mass is 79.9. The fourth-order valence-corrected chi connectivity index (χ4v) is 4.63. The number of ether oxygens (including phenoxy) is 1. The number of benzene rings is 4. The van der Waals surface area contributed by atoms with Gasteiger partial charge in [-0.25, -0.2) is 8.42 Å². The Morgan fingerprint density at radius 3 is 1.97 bits per heavy atom. The summed E-state index contributed by atoms with van der Waals surface area (Å²) in [5.74, 6) is 1.21. The number of phenols is 1. The van der Waals surface area contributed by atoms with Crippen molar-refractivity contribution in [3.8, 4) is 28.4 Å². The summed E-state index contributed by atoms with van der Waals surface area (Å²) < 4.78 is 32.5. The van der Waals surface area contributed by atoms with Crippen LogP contribution in [0, 0.1) is 0 Å². The Morgan fingerprint density at radius 1 is 0.733 bits per heavy atom. The van der Waals surface area contributed by atoms with Crippen LogP contribution < -0.4 is 4.74 Å². The van der Waals surface area contributed by atoms with Gasteiger partial charge in [0.2, 0.25) is 9.84 Å². The normalized spacial score (nSPS) is 11.2. The van der Waals surface area contributed by atoms with Crippen molar-refractivity contribution in [2.24, 2.45) is 0 Å². The second-order valence-electron chi connectivity index (χ2n) is 6.58. The van der Waals surface area contributed by atoms with E-state index >= 15 is 0 Å². The van der Waals surface area contributed by atoms with Crippen molar-refractivity contribution in [1.29, 1.82) is 0 Å². The molecule has 0 saturated heterocycles. The fourth-order valence-electron chi connectivity index (χ4n) is 3.01. The number of aromatic hydroxyl groups is 1. The molecule has 4 aromatic rings. The molecule has 0 radical (unpaired) electrons. The fraction of sp³-hybridized carbons (Fsp3) is 0. The van der Waals surface area contributed by atoms with E-state index in [1.165, 1.54) is 36.4 Å². The molecule has 0 saturated carbocycles. The van der Waals surface area contributed by atoms with E-state index in [4.69, 9.17) is 4.74 Å². The molecule has 0 aliphatic heterocycles. The summed E-state index contributed by atoms with van der Waals surface area (Å²) in [6.45, 7) is 0. The zero-order valence-corrected chi connectivity index (χ0v) is 18.1. The van der Waals surface area contributed by atoms with Crippen molar-refractivity contribution in [3.05, 3.63) is 102 Å². The van der Waals surface area contributed by atoms with Gasteiger partial charge in [-0.1, -0.05) is 46.3 Å². The summed E-state index contributed by atoms with van der Waals surface area (Å²) in [5, 5.41) is 9.38. The van der Waals surface area contributed by atoms with Gasteiger partial charge in [0.25, 0.3) is 0 Å². The zero-order chi connectivity index (χ0) is 21.1. The maximum Gasteiger partial charge on any atom is 0.206 e. The molecule has 30 heavy (non-hydrogen) atoms. The minimum atomic E-state index is -3.67. The number of rotatable bonds is 5. The summed E-state index contributed by atoms with van der Waals surface area (Å²) in [5.41, 5.74) is 1.94. The summed E-state index contributed by atoms with van der Waals surface area (Å²) in [7, 11) is -3.67. The Bertz CT molecular complexity index is 1270. The molecule has 0 unspecified atom stereocenters. The summed E-state index contributed by atoms with van der Waals surface area (Å²) in [6, 6.07) is 27.4. The number of sulfone groups is 1. The number of hydrogen-bond donors (Lipinski definition) is 1. The molecule has 0 heterocycles. The molecule has 1 N–H and O–H groups in total. The van der Waals surface area contributed by atoms with Crippen molar-refractivity contribution in [1.82, 2.24) is 0 Å². The lowest BCUT2D eigenvalue weighted by Gasteiger charge is -2.13. The smallest absolute Gasteiger partial charge is 0.206 e. The molecule has 0 spiro atoms. The standard InChI is InChI=1S/C24H17BrO4S/c25-18-6-15-24(23(16-18)17-4-2-1-3-5-17)29-20-9-13-22(14-10-20)30(27,28)21-11-7-19(26)8-12-21/h1-16,26H. The lowest BCUT2D eigenvalue weighted by molar-refractivity contribution is 0.475. The molecule has 0 aliphatic rings. The second-order valence-corrected chi connectivity index (χ2v) is 9.44. The van der Waals surface area contributed by atoms with E-state index in [-0.39, 0.29) is 15.5 Å². The van der Waals surface area contributed by atoms with E-state index in [9.17, 15) is 13.5 Å². The van der Waals surface area contributed by atoms with E-state index < -0.39 is 9.84 Å². The van der Waals surface area contributed by atoms with Crippen molar-refractivity contribution in [2.45, 2.75) is 9.79 Å². The maximum atomic E-state index is 12.8. The third-order valence-electron chi connectivity index (χ3n) is 4.54. The maximum absolute atomic E-state index is 12.8. The van der Waals surface area contributed by atoms with Crippen LogP contribution in [0.15, 0.2) is 111 Å². The molecule has 4 rings (SSSR count). The molecule has 0 bridgehead atoms. The number of halogens is 1. The van der Waals surface area contributed by atoms with E-state index in [0.29, 0.717) is 11.5 Å². The third kappa shape index (κ3) is 4.25. The molecule has 0 aromatic heterocycles. The van der Waals surface area contributed by atoms with E-state index in [1.54, 1.807) is 12.1 Å². The molecule has 0 amide bonds. The first-order valence-corrected chi connectivity index (χ1v) is 11.4. The first kappa shape index (κ1) is 20.2. The van der Waals surface area contributed by atoms with Crippen LogP contribution in [0.2, 0.25) is 0 Å². The van der Waals surface area contributed by atoms with E-state index in [0.717, 1.165) is 15.6 Å².